The highest BCUT2D eigenvalue weighted by Crippen LogP contribution is 2.65. The van der Waals surface area contributed by atoms with Crippen molar-refractivity contribution in [2.45, 2.75) is 5.41 Å². The van der Waals surface area contributed by atoms with Gasteiger partial charge in [0.15, 0.2) is 17.5 Å². The van der Waals surface area contributed by atoms with Crippen LogP contribution in [0.5, 0.6) is 0 Å². The van der Waals surface area contributed by atoms with Crippen molar-refractivity contribution in [3.05, 3.63) is 277 Å². The number of anilines is 3. The van der Waals surface area contributed by atoms with E-state index in [1.165, 1.54) is 61.2 Å². The quantitative estimate of drug-likeness (QED) is 0.153. The van der Waals surface area contributed by atoms with E-state index in [0.29, 0.717) is 17.5 Å². The Balaban J connectivity index is 1.07. The Morgan fingerprint density at radius 3 is 1.29 bits per heavy atom. The highest BCUT2D eigenvalue weighted by atomic mass is 15.1. The molecule has 0 saturated carbocycles. The Kier molecular flexibility index (Phi) is 9.36. The maximum absolute atomic E-state index is 5.23. The maximum Gasteiger partial charge on any atom is 0.164 e. The maximum atomic E-state index is 5.23. The van der Waals surface area contributed by atoms with Crippen LogP contribution in [-0.2, 0) is 5.41 Å². The summed E-state index contributed by atoms with van der Waals surface area (Å²) < 4.78 is 0. The summed E-state index contributed by atoms with van der Waals surface area (Å²) in [4.78, 5) is 18.0. The van der Waals surface area contributed by atoms with Gasteiger partial charge in [0, 0.05) is 33.6 Å². The van der Waals surface area contributed by atoms with Gasteiger partial charge in [0.05, 0.1) is 11.1 Å². The van der Waals surface area contributed by atoms with Gasteiger partial charge in [0.2, 0.25) is 0 Å². The zero-order valence-electron chi connectivity index (χ0n) is 37.0. The molecule has 68 heavy (non-hydrogen) atoms. The number of fused-ring (bicyclic) bond motifs is 10. The van der Waals surface area contributed by atoms with Crippen molar-refractivity contribution >= 4 is 17.1 Å². The molecule has 4 heteroatoms. The van der Waals surface area contributed by atoms with Crippen LogP contribution in [0.25, 0.3) is 78.7 Å². The number of benzene rings is 10. The summed E-state index contributed by atoms with van der Waals surface area (Å²) in [6, 6.07) is 91.5. The second-order valence-corrected chi connectivity index (χ2v) is 17.5. The van der Waals surface area contributed by atoms with Crippen LogP contribution in [-0.4, -0.2) is 15.0 Å². The molecule has 10 aromatic carbocycles. The molecule has 2 aliphatic rings. The summed E-state index contributed by atoms with van der Waals surface area (Å²) in [7, 11) is 0. The number of rotatable bonds is 8. The molecule has 1 spiro atoms. The molecule has 0 amide bonds. The van der Waals surface area contributed by atoms with Crippen LogP contribution in [0.4, 0.5) is 17.1 Å². The molecule has 1 aromatic heterocycles. The van der Waals surface area contributed by atoms with Gasteiger partial charge >= 0.3 is 0 Å². The van der Waals surface area contributed by atoms with Crippen LogP contribution in [0.15, 0.2) is 255 Å². The zero-order chi connectivity index (χ0) is 45.0. The largest absolute Gasteiger partial charge is 0.310 e. The van der Waals surface area contributed by atoms with Gasteiger partial charge < -0.3 is 4.90 Å². The van der Waals surface area contributed by atoms with E-state index in [9.17, 15) is 0 Å². The van der Waals surface area contributed by atoms with Crippen molar-refractivity contribution in [3.63, 3.8) is 0 Å². The molecule has 0 fully saturated rings. The summed E-state index contributed by atoms with van der Waals surface area (Å²) in [5.41, 5.74) is 19.9. The molecule has 0 radical (unpaired) electrons. The fourth-order valence-corrected chi connectivity index (χ4v) is 10.8. The van der Waals surface area contributed by atoms with Crippen LogP contribution in [0.2, 0.25) is 0 Å². The van der Waals surface area contributed by atoms with Crippen LogP contribution >= 0.6 is 0 Å². The van der Waals surface area contributed by atoms with Crippen molar-refractivity contribution < 1.29 is 0 Å². The lowest BCUT2D eigenvalue weighted by molar-refractivity contribution is 0.793. The van der Waals surface area contributed by atoms with Crippen LogP contribution in [0.1, 0.15) is 22.3 Å². The van der Waals surface area contributed by atoms with E-state index >= 15 is 0 Å². The monoisotopic (exact) mass is 866 g/mol. The molecule has 2 aliphatic carbocycles. The van der Waals surface area contributed by atoms with Crippen LogP contribution < -0.4 is 4.90 Å². The van der Waals surface area contributed by atoms with Gasteiger partial charge in [-0.15, -0.1) is 0 Å². The highest BCUT2D eigenvalue weighted by Gasteiger charge is 2.53. The predicted molar refractivity (Wildman–Crippen MR) is 278 cm³/mol. The average Bonchev–Trinajstić information content (AvgIpc) is 3.89. The number of hydrogen-bond donors (Lipinski definition) is 0. The second-order valence-electron chi connectivity index (χ2n) is 17.5. The molecule has 1 unspecified atom stereocenters. The lowest BCUT2D eigenvalue weighted by Crippen LogP contribution is -2.28. The molecule has 13 rings (SSSR count). The van der Waals surface area contributed by atoms with Gasteiger partial charge in [-0.25, -0.2) is 15.0 Å². The molecule has 0 saturated heterocycles. The van der Waals surface area contributed by atoms with E-state index in [1.807, 2.05) is 36.4 Å². The molecule has 1 atom stereocenters. The van der Waals surface area contributed by atoms with E-state index in [1.54, 1.807) is 0 Å². The van der Waals surface area contributed by atoms with Crippen LogP contribution in [0.3, 0.4) is 0 Å². The fourth-order valence-electron chi connectivity index (χ4n) is 10.8. The zero-order valence-corrected chi connectivity index (χ0v) is 37.0. The van der Waals surface area contributed by atoms with Gasteiger partial charge in [-0.3, -0.25) is 0 Å². The van der Waals surface area contributed by atoms with Gasteiger partial charge in [-0.2, -0.15) is 0 Å². The lowest BCUT2D eigenvalue weighted by Gasteiger charge is -2.36. The summed E-state index contributed by atoms with van der Waals surface area (Å²) >= 11 is 0. The lowest BCUT2D eigenvalue weighted by atomic mass is 9.69. The molecule has 0 bridgehead atoms. The third-order valence-corrected chi connectivity index (χ3v) is 13.7. The summed E-state index contributed by atoms with van der Waals surface area (Å²) in [5.74, 6) is 1.90. The second kappa shape index (κ2) is 16.2. The topological polar surface area (TPSA) is 41.9 Å². The fraction of sp³-hybridized carbons (Fsp3) is 0.0156. The number of hydrogen-bond acceptors (Lipinski definition) is 4. The molecular weight excluding hydrogens is 825 g/mol. The number of aromatic nitrogens is 3. The Morgan fingerprint density at radius 2 is 0.691 bits per heavy atom. The van der Waals surface area contributed by atoms with E-state index in [4.69, 9.17) is 15.0 Å². The third-order valence-electron chi connectivity index (χ3n) is 13.7. The first-order chi connectivity index (χ1) is 33.7. The first kappa shape index (κ1) is 39.4. The van der Waals surface area contributed by atoms with Crippen LogP contribution in [0, 0.1) is 0 Å². The van der Waals surface area contributed by atoms with Crippen molar-refractivity contribution in [1.82, 2.24) is 15.0 Å². The summed E-state index contributed by atoms with van der Waals surface area (Å²) in [6.07, 6.45) is 0. The molecule has 1 heterocycles. The third kappa shape index (κ3) is 6.34. The average molecular weight is 867 g/mol. The first-order valence-electron chi connectivity index (χ1n) is 23.2. The van der Waals surface area contributed by atoms with Gasteiger partial charge in [0.1, 0.15) is 0 Å². The first-order valence-corrected chi connectivity index (χ1v) is 23.2. The normalized spacial score (nSPS) is 13.9. The predicted octanol–water partition coefficient (Wildman–Crippen LogP) is 16.0. The summed E-state index contributed by atoms with van der Waals surface area (Å²) in [5, 5.41) is 0. The SMILES string of the molecule is c1ccc(-c2ccc(N(c3cccc(-c4ccccc4)c3)c3cccc4c3C3(c5ccccc5-c5ccc(-c6nc(-c7ccccc7)nc(-c7ccccc7)n6)cc53)c3ccccc3-4)cc2)cc1. The standard InChI is InChI=1S/C64H42N4/c1-5-19-43(20-6-1)45-35-38-50(39-36-45)68(51-28-17-27-48(41-51)44-21-7-2-8-22-44)59-34-18-31-55-53-30-14-16-33-57(53)64(60(55)59)56-32-15-13-29-52(56)54-40-37-49(42-58(54)64)63-66-61(46-23-9-3-10-24-46)65-62(67-63)47-25-11-4-12-26-47/h1-42H. The van der Waals surface area contributed by atoms with Gasteiger partial charge in [-0.1, -0.05) is 218 Å². The summed E-state index contributed by atoms with van der Waals surface area (Å²) in [6.45, 7) is 0. The van der Waals surface area contributed by atoms with Crippen molar-refractivity contribution in [1.29, 1.82) is 0 Å². The molecule has 0 N–H and O–H groups in total. The smallest absolute Gasteiger partial charge is 0.164 e. The Hall–Kier alpha value is -8.99. The van der Waals surface area contributed by atoms with Gasteiger partial charge in [0.25, 0.3) is 0 Å². The Bertz CT molecular complexity index is 3600. The minimum absolute atomic E-state index is 0.629. The van der Waals surface area contributed by atoms with E-state index in [-0.39, 0.29) is 0 Å². The molecular formula is C64H42N4. The molecule has 4 nitrogen and oxygen atoms in total. The van der Waals surface area contributed by atoms with Crippen molar-refractivity contribution in [2.75, 3.05) is 4.90 Å². The van der Waals surface area contributed by atoms with Crippen molar-refractivity contribution in [3.8, 4) is 78.7 Å². The number of nitrogens with zero attached hydrogens (tertiary/aromatic N) is 4. The Morgan fingerprint density at radius 1 is 0.265 bits per heavy atom. The molecule has 318 valence electrons. The molecule has 11 aromatic rings. The van der Waals surface area contributed by atoms with E-state index in [2.05, 4.69) is 223 Å². The highest BCUT2D eigenvalue weighted by molar-refractivity contribution is 6.00. The molecule has 0 aliphatic heterocycles. The van der Waals surface area contributed by atoms with E-state index < -0.39 is 5.41 Å². The van der Waals surface area contributed by atoms with Gasteiger partial charge in [-0.05, 0) is 97.6 Å². The minimum Gasteiger partial charge on any atom is -0.310 e. The minimum atomic E-state index is -0.693. The van der Waals surface area contributed by atoms with E-state index in [0.717, 1.165) is 39.3 Å². The Labute approximate surface area is 396 Å². The van der Waals surface area contributed by atoms with Crippen molar-refractivity contribution in [2.24, 2.45) is 0 Å².